The number of nitrogens with one attached hydrogen (secondary N) is 3. The second-order valence-corrected chi connectivity index (χ2v) is 5.97. The van der Waals surface area contributed by atoms with Crippen LogP contribution in [0.25, 0.3) is 0 Å². The van der Waals surface area contributed by atoms with Crippen molar-refractivity contribution in [3.05, 3.63) is 47.2 Å². The van der Waals surface area contributed by atoms with E-state index in [9.17, 15) is 4.79 Å². The Morgan fingerprint density at radius 2 is 2.04 bits per heavy atom. The number of carbonyl (C=O) groups is 1. The molecule has 1 aromatic carbocycles. The first-order valence-corrected chi connectivity index (χ1v) is 8.14. The fourth-order valence-corrected chi connectivity index (χ4v) is 2.92. The number of anilines is 1. The number of ether oxygens (including phenoxy) is 2. The van der Waals surface area contributed by atoms with Gasteiger partial charge in [0.05, 0.1) is 36.7 Å². The second-order valence-electron chi connectivity index (χ2n) is 5.56. The number of hydrazine groups is 1. The van der Waals surface area contributed by atoms with Gasteiger partial charge < -0.3 is 14.8 Å². The van der Waals surface area contributed by atoms with E-state index in [0.29, 0.717) is 28.6 Å². The summed E-state index contributed by atoms with van der Waals surface area (Å²) in [6, 6.07) is 8.50. The molecule has 1 aromatic heterocycles. The molecule has 132 valence electrons. The molecule has 2 unspecified atom stereocenters. The van der Waals surface area contributed by atoms with Gasteiger partial charge in [0, 0.05) is 12.3 Å². The van der Waals surface area contributed by atoms with Crippen LogP contribution >= 0.6 is 11.6 Å². The number of hydrogen-bond acceptors (Lipinski definition) is 6. The zero-order valence-electron chi connectivity index (χ0n) is 13.9. The molecule has 2 heterocycles. The molecule has 0 aliphatic carbocycles. The van der Waals surface area contributed by atoms with Gasteiger partial charge in [-0.15, -0.1) is 0 Å². The maximum Gasteiger partial charge on any atom is 0.243 e. The predicted octanol–water partition coefficient (Wildman–Crippen LogP) is 2.30. The van der Waals surface area contributed by atoms with Crippen LogP contribution in [-0.2, 0) is 4.79 Å². The Labute approximate surface area is 150 Å². The Hall–Kier alpha value is -2.35. The van der Waals surface area contributed by atoms with E-state index >= 15 is 0 Å². The summed E-state index contributed by atoms with van der Waals surface area (Å²) in [4.78, 5) is 16.9. The molecule has 2 atom stereocenters. The van der Waals surface area contributed by atoms with Crippen LogP contribution in [-0.4, -0.2) is 31.2 Å². The third kappa shape index (κ3) is 3.84. The molecule has 1 amide bonds. The minimum atomic E-state index is -0.405. The van der Waals surface area contributed by atoms with Gasteiger partial charge in [-0.2, -0.15) is 0 Å². The highest BCUT2D eigenvalue weighted by Gasteiger charge is 2.31. The zero-order chi connectivity index (χ0) is 17.8. The van der Waals surface area contributed by atoms with Crippen LogP contribution in [0.1, 0.15) is 18.2 Å². The number of methoxy groups -OCH3 is 2. The monoisotopic (exact) mass is 362 g/mol. The van der Waals surface area contributed by atoms with Gasteiger partial charge in [-0.25, -0.2) is 10.9 Å². The molecule has 1 aliphatic heterocycles. The molecule has 0 saturated carbocycles. The fourth-order valence-electron chi connectivity index (χ4n) is 2.68. The van der Waals surface area contributed by atoms with Crippen LogP contribution in [0, 0.1) is 0 Å². The van der Waals surface area contributed by atoms with E-state index in [1.807, 2.05) is 18.2 Å². The molecule has 0 radical (unpaired) electrons. The average molecular weight is 363 g/mol. The lowest BCUT2D eigenvalue weighted by atomic mass is 10.1. The first-order valence-electron chi connectivity index (χ1n) is 7.76. The van der Waals surface area contributed by atoms with Gasteiger partial charge in [0.1, 0.15) is 17.5 Å². The van der Waals surface area contributed by atoms with Gasteiger partial charge >= 0.3 is 0 Å². The van der Waals surface area contributed by atoms with Crippen LogP contribution in [0.4, 0.5) is 5.69 Å². The van der Waals surface area contributed by atoms with E-state index in [-0.39, 0.29) is 11.9 Å². The molecule has 3 rings (SSSR count). The van der Waals surface area contributed by atoms with Crippen molar-refractivity contribution < 1.29 is 14.3 Å². The molecule has 7 nitrogen and oxygen atoms in total. The van der Waals surface area contributed by atoms with Crippen LogP contribution in [0.15, 0.2) is 36.5 Å². The highest BCUT2D eigenvalue weighted by molar-refractivity contribution is 6.32. The summed E-state index contributed by atoms with van der Waals surface area (Å²) >= 11 is 6.14. The van der Waals surface area contributed by atoms with Crippen LogP contribution in [0.5, 0.6) is 11.5 Å². The number of aromatic nitrogens is 1. The zero-order valence-corrected chi connectivity index (χ0v) is 14.6. The summed E-state index contributed by atoms with van der Waals surface area (Å²) in [5.74, 6) is 0.764. The summed E-state index contributed by atoms with van der Waals surface area (Å²) in [5, 5.41) is 3.23. The van der Waals surface area contributed by atoms with Crippen molar-refractivity contribution in [2.24, 2.45) is 0 Å². The molecule has 1 saturated heterocycles. The van der Waals surface area contributed by atoms with E-state index in [2.05, 4.69) is 21.2 Å². The van der Waals surface area contributed by atoms with Crippen molar-refractivity contribution in [1.82, 2.24) is 15.8 Å². The molecule has 8 heteroatoms. The van der Waals surface area contributed by atoms with Gasteiger partial charge in [-0.3, -0.25) is 9.78 Å². The quantitative estimate of drug-likeness (QED) is 0.757. The van der Waals surface area contributed by atoms with E-state index in [0.717, 1.165) is 5.69 Å². The van der Waals surface area contributed by atoms with Gasteiger partial charge in [-0.1, -0.05) is 17.7 Å². The smallest absolute Gasteiger partial charge is 0.243 e. The third-order valence-corrected chi connectivity index (χ3v) is 4.29. The first-order chi connectivity index (χ1) is 12.1. The number of benzene rings is 1. The highest BCUT2D eigenvalue weighted by Crippen LogP contribution is 2.36. The second kappa shape index (κ2) is 7.69. The Balaban J connectivity index is 1.70. The largest absolute Gasteiger partial charge is 0.495 e. The van der Waals surface area contributed by atoms with Crippen molar-refractivity contribution in [1.29, 1.82) is 0 Å². The third-order valence-electron chi connectivity index (χ3n) is 4.00. The summed E-state index contributed by atoms with van der Waals surface area (Å²) in [7, 11) is 3.04. The van der Waals surface area contributed by atoms with Gasteiger partial charge in [0.2, 0.25) is 5.91 Å². The lowest BCUT2D eigenvalue weighted by Gasteiger charge is -2.15. The van der Waals surface area contributed by atoms with E-state index < -0.39 is 6.04 Å². The Morgan fingerprint density at radius 1 is 1.24 bits per heavy atom. The molecule has 0 bridgehead atoms. The number of nitrogens with zero attached hydrogens (tertiary/aromatic N) is 1. The summed E-state index contributed by atoms with van der Waals surface area (Å²) in [5.41, 5.74) is 7.47. The Morgan fingerprint density at radius 3 is 2.72 bits per heavy atom. The molecule has 1 fully saturated rings. The number of rotatable bonds is 5. The van der Waals surface area contributed by atoms with Crippen LogP contribution in [0.3, 0.4) is 0 Å². The number of halogens is 1. The molecule has 0 spiro atoms. The van der Waals surface area contributed by atoms with E-state index in [1.165, 1.54) is 14.2 Å². The standard InChI is InChI=1S/C17H19ClN4O3/c1-24-15-9-16(25-2)13(7-10(15)18)20-17(23)14-8-12(21-22-14)11-5-3-4-6-19-11/h3-7,9,12,14,21-22H,8H2,1-2H3,(H,20,23). The van der Waals surface area contributed by atoms with Crippen molar-refractivity contribution in [3.8, 4) is 11.5 Å². The van der Waals surface area contributed by atoms with E-state index in [4.69, 9.17) is 21.1 Å². The molecule has 1 aliphatic rings. The average Bonchev–Trinajstić information content (AvgIpc) is 3.13. The minimum absolute atomic E-state index is 0.0294. The lowest BCUT2D eigenvalue weighted by Crippen LogP contribution is -2.39. The van der Waals surface area contributed by atoms with Crippen LogP contribution in [0.2, 0.25) is 5.02 Å². The highest BCUT2D eigenvalue weighted by atomic mass is 35.5. The summed E-state index contributed by atoms with van der Waals surface area (Å²) in [6.45, 7) is 0. The van der Waals surface area contributed by atoms with E-state index in [1.54, 1.807) is 18.3 Å². The number of carbonyl (C=O) groups excluding carboxylic acids is 1. The van der Waals surface area contributed by atoms with Gasteiger partial charge in [0.15, 0.2) is 0 Å². The maximum absolute atomic E-state index is 12.6. The van der Waals surface area contributed by atoms with Crippen molar-refractivity contribution in [2.45, 2.75) is 18.5 Å². The minimum Gasteiger partial charge on any atom is -0.495 e. The SMILES string of the molecule is COc1cc(OC)c(NC(=O)C2CC(c3ccccn3)NN2)cc1Cl. The number of pyridine rings is 1. The van der Waals surface area contributed by atoms with Gasteiger partial charge in [0.25, 0.3) is 0 Å². The van der Waals surface area contributed by atoms with Crippen LogP contribution < -0.4 is 25.6 Å². The normalized spacial score (nSPS) is 19.5. The number of hydrogen-bond donors (Lipinski definition) is 3. The van der Waals surface area contributed by atoms with Crippen molar-refractivity contribution in [2.75, 3.05) is 19.5 Å². The molecule has 2 aromatic rings. The first kappa shape index (κ1) is 17.5. The molecule has 3 N–H and O–H groups in total. The molecular weight excluding hydrogens is 344 g/mol. The summed E-state index contributed by atoms with van der Waals surface area (Å²) in [6.07, 6.45) is 2.31. The van der Waals surface area contributed by atoms with Crippen molar-refractivity contribution in [3.63, 3.8) is 0 Å². The molecule has 25 heavy (non-hydrogen) atoms. The maximum atomic E-state index is 12.6. The van der Waals surface area contributed by atoms with Gasteiger partial charge in [-0.05, 0) is 24.6 Å². The summed E-state index contributed by atoms with van der Waals surface area (Å²) < 4.78 is 10.5. The lowest BCUT2D eigenvalue weighted by molar-refractivity contribution is -0.117. The Kier molecular flexibility index (Phi) is 5.37. The predicted molar refractivity (Wildman–Crippen MR) is 94.8 cm³/mol. The number of amides is 1. The fraction of sp³-hybridized carbons (Fsp3) is 0.294. The topological polar surface area (TPSA) is 84.5 Å². The molecular formula is C17H19ClN4O3. The van der Waals surface area contributed by atoms with Crippen molar-refractivity contribution >= 4 is 23.2 Å². The Bertz CT molecular complexity index is 757.